The zero-order valence-corrected chi connectivity index (χ0v) is 7.77. The van der Waals surface area contributed by atoms with Gasteiger partial charge < -0.3 is 0 Å². The van der Waals surface area contributed by atoms with Crippen LogP contribution in [0.5, 0.6) is 0 Å². The third-order valence-electron chi connectivity index (χ3n) is 3.12. The van der Waals surface area contributed by atoms with E-state index in [2.05, 4.69) is 27.7 Å². The van der Waals surface area contributed by atoms with Crippen LogP contribution < -0.4 is 0 Å². The molecule has 62 valence electrons. The van der Waals surface area contributed by atoms with E-state index >= 15 is 0 Å². The van der Waals surface area contributed by atoms with Gasteiger partial charge in [-0.25, -0.2) is 0 Å². The van der Waals surface area contributed by atoms with Crippen LogP contribution in [-0.4, -0.2) is 6.29 Å². The molecule has 0 N–H and O–H groups in total. The van der Waals surface area contributed by atoms with Crippen molar-refractivity contribution in [3.05, 3.63) is 11.1 Å². The van der Waals surface area contributed by atoms with Crippen molar-refractivity contribution in [3.63, 3.8) is 0 Å². The van der Waals surface area contributed by atoms with Gasteiger partial charge in [-0.2, -0.15) is 0 Å². The zero-order valence-electron chi connectivity index (χ0n) is 7.77. The molecule has 0 radical (unpaired) electrons. The summed E-state index contributed by atoms with van der Waals surface area (Å²) in [5.41, 5.74) is 2.59. The minimum Gasteiger partial charge on any atom is -0.298 e. The SMILES string of the molecule is CC1=C(C=O)CC(C)(C)C1C. The standard InChI is InChI=1S/C10H16O/c1-7-8(2)10(3,4)5-9(7)6-11/h6,8H,5H2,1-4H3. The molecule has 0 aromatic carbocycles. The van der Waals surface area contributed by atoms with Crippen LogP contribution in [0.2, 0.25) is 0 Å². The van der Waals surface area contributed by atoms with E-state index < -0.39 is 0 Å². The third-order valence-corrected chi connectivity index (χ3v) is 3.12. The number of carbonyl (C=O) groups is 1. The van der Waals surface area contributed by atoms with Crippen molar-refractivity contribution in [3.8, 4) is 0 Å². The number of carbonyl (C=O) groups excluding carboxylic acids is 1. The molecule has 0 heterocycles. The number of aldehydes is 1. The summed E-state index contributed by atoms with van der Waals surface area (Å²) in [5, 5.41) is 0. The fourth-order valence-electron chi connectivity index (χ4n) is 1.78. The van der Waals surface area contributed by atoms with Gasteiger partial charge in [0.05, 0.1) is 0 Å². The van der Waals surface area contributed by atoms with Crippen LogP contribution in [0.15, 0.2) is 11.1 Å². The number of allylic oxidation sites excluding steroid dienone is 2. The molecular formula is C10H16O. The van der Waals surface area contributed by atoms with E-state index in [9.17, 15) is 4.79 Å². The molecular weight excluding hydrogens is 136 g/mol. The second kappa shape index (κ2) is 2.47. The average Bonchev–Trinajstić information content (AvgIpc) is 2.13. The highest BCUT2D eigenvalue weighted by Crippen LogP contribution is 2.44. The molecule has 1 atom stereocenters. The molecule has 1 heteroatoms. The lowest BCUT2D eigenvalue weighted by molar-refractivity contribution is -0.105. The van der Waals surface area contributed by atoms with Gasteiger partial charge >= 0.3 is 0 Å². The van der Waals surface area contributed by atoms with Gasteiger partial charge in [-0.3, -0.25) is 4.79 Å². The molecule has 1 nitrogen and oxygen atoms in total. The number of hydrogen-bond acceptors (Lipinski definition) is 1. The highest BCUT2D eigenvalue weighted by molar-refractivity contribution is 5.76. The average molecular weight is 152 g/mol. The number of hydrogen-bond donors (Lipinski definition) is 0. The molecule has 0 fully saturated rings. The van der Waals surface area contributed by atoms with Crippen LogP contribution in [-0.2, 0) is 4.79 Å². The van der Waals surface area contributed by atoms with Gasteiger partial charge in [0.15, 0.2) is 0 Å². The summed E-state index contributed by atoms with van der Waals surface area (Å²) in [4.78, 5) is 10.6. The maximum atomic E-state index is 10.6. The predicted octanol–water partition coefficient (Wildman–Crippen LogP) is 2.57. The fourth-order valence-corrected chi connectivity index (χ4v) is 1.78. The largest absolute Gasteiger partial charge is 0.298 e. The first-order chi connectivity index (χ1) is 4.99. The van der Waals surface area contributed by atoms with Crippen LogP contribution in [0.25, 0.3) is 0 Å². The lowest BCUT2D eigenvalue weighted by Crippen LogP contribution is -2.16. The summed E-state index contributed by atoms with van der Waals surface area (Å²) < 4.78 is 0. The summed E-state index contributed by atoms with van der Waals surface area (Å²) in [5.74, 6) is 0.558. The normalized spacial score (nSPS) is 29.3. The van der Waals surface area contributed by atoms with Crippen LogP contribution in [0.1, 0.15) is 34.1 Å². The van der Waals surface area contributed by atoms with Crippen molar-refractivity contribution in [2.75, 3.05) is 0 Å². The van der Waals surface area contributed by atoms with Gasteiger partial charge in [0.2, 0.25) is 0 Å². The van der Waals surface area contributed by atoms with Crippen LogP contribution in [0, 0.1) is 11.3 Å². The molecule has 0 bridgehead atoms. The lowest BCUT2D eigenvalue weighted by Gasteiger charge is -2.24. The Balaban J connectivity index is 2.94. The van der Waals surface area contributed by atoms with Gasteiger partial charge in [-0.15, -0.1) is 0 Å². The van der Waals surface area contributed by atoms with Crippen molar-refractivity contribution in [2.45, 2.75) is 34.1 Å². The summed E-state index contributed by atoms with van der Waals surface area (Å²) >= 11 is 0. The maximum Gasteiger partial charge on any atom is 0.145 e. The third kappa shape index (κ3) is 1.24. The van der Waals surface area contributed by atoms with Crippen molar-refractivity contribution in [1.82, 2.24) is 0 Å². The Morgan fingerprint density at radius 2 is 2.09 bits per heavy atom. The number of rotatable bonds is 1. The Labute approximate surface area is 68.5 Å². The summed E-state index contributed by atoms with van der Waals surface area (Å²) in [6, 6.07) is 0. The topological polar surface area (TPSA) is 17.1 Å². The first kappa shape index (κ1) is 8.51. The van der Waals surface area contributed by atoms with Crippen LogP contribution in [0.3, 0.4) is 0 Å². The Morgan fingerprint density at radius 1 is 1.55 bits per heavy atom. The van der Waals surface area contributed by atoms with E-state index in [0.717, 1.165) is 18.3 Å². The van der Waals surface area contributed by atoms with E-state index in [4.69, 9.17) is 0 Å². The molecule has 1 rings (SSSR count). The highest BCUT2D eigenvalue weighted by atomic mass is 16.1. The minimum atomic E-state index is 0.292. The molecule has 0 saturated heterocycles. The predicted molar refractivity (Wildman–Crippen MR) is 46.3 cm³/mol. The van der Waals surface area contributed by atoms with Crippen molar-refractivity contribution in [2.24, 2.45) is 11.3 Å². The van der Waals surface area contributed by atoms with E-state index in [0.29, 0.717) is 11.3 Å². The quantitative estimate of drug-likeness (QED) is 0.528. The first-order valence-corrected chi connectivity index (χ1v) is 4.14. The van der Waals surface area contributed by atoms with Gasteiger partial charge in [-0.05, 0) is 30.3 Å². The van der Waals surface area contributed by atoms with Gasteiger partial charge in [0.1, 0.15) is 6.29 Å². The van der Waals surface area contributed by atoms with Gasteiger partial charge in [0, 0.05) is 0 Å². The molecule has 1 aliphatic carbocycles. The lowest BCUT2D eigenvalue weighted by atomic mass is 9.80. The van der Waals surface area contributed by atoms with Crippen molar-refractivity contribution in [1.29, 1.82) is 0 Å². The smallest absolute Gasteiger partial charge is 0.145 e. The molecule has 0 spiro atoms. The van der Waals surface area contributed by atoms with Gasteiger partial charge in [-0.1, -0.05) is 26.3 Å². The fraction of sp³-hybridized carbons (Fsp3) is 0.700. The first-order valence-electron chi connectivity index (χ1n) is 4.14. The van der Waals surface area contributed by atoms with Crippen LogP contribution >= 0.6 is 0 Å². The molecule has 0 amide bonds. The molecule has 0 saturated carbocycles. The maximum absolute atomic E-state index is 10.6. The van der Waals surface area contributed by atoms with E-state index in [1.807, 2.05) is 0 Å². The molecule has 0 aromatic rings. The minimum absolute atomic E-state index is 0.292. The Bertz CT molecular complexity index is 211. The highest BCUT2D eigenvalue weighted by Gasteiger charge is 2.35. The van der Waals surface area contributed by atoms with E-state index in [1.165, 1.54) is 5.57 Å². The monoisotopic (exact) mass is 152 g/mol. The summed E-state index contributed by atoms with van der Waals surface area (Å²) in [6.07, 6.45) is 1.96. The molecule has 0 aliphatic heterocycles. The van der Waals surface area contributed by atoms with Crippen molar-refractivity contribution >= 4 is 6.29 Å². The van der Waals surface area contributed by atoms with Crippen LogP contribution in [0.4, 0.5) is 0 Å². The zero-order chi connectivity index (χ0) is 8.65. The van der Waals surface area contributed by atoms with Crippen molar-refractivity contribution < 1.29 is 4.79 Å². The Hall–Kier alpha value is -0.590. The molecule has 1 aliphatic rings. The van der Waals surface area contributed by atoms with Gasteiger partial charge in [0.25, 0.3) is 0 Å². The Kier molecular flexibility index (Phi) is 1.91. The second-order valence-corrected chi connectivity index (χ2v) is 4.21. The van der Waals surface area contributed by atoms with E-state index in [-0.39, 0.29) is 0 Å². The summed E-state index contributed by atoms with van der Waals surface area (Å²) in [6.45, 7) is 8.71. The van der Waals surface area contributed by atoms with E-state index in [1.54, 1.807) is 0 Å². The Morgan fingerprint density at radius 3 is 2.27 bits per heavy atom. The summed E-state index contributed by atoms with van der Waals surface area (Å²) in [7, 11) is 0. The molecule has 0 aromatic heterocycles. The second-order valence-electron chi connectivity index (χ2n) is 4.21. The molecule has 11 heavy (non-hydrogen) atoms. The molecule has 1 unspecified atom stereocenters.